The highest BCUT2D eigenvalue weighted by molar-refractivity contribution is 5.77. The van der Waals surface area contributed by atoms with Crippen LogP contribution in [0.1, 0.15) is 299 Å². The van der Waals surface area contributed by atoms with E-state index in [-0.39, 0.29) is 32.8 Å². The van der Waals surface area contributed by atoms with Crippen molar-refractivity contribution in [2.75, 3.05) is 109 Å². The maximum absolute atomic E-state index is 13.2. The van der Waals surface area contributed by atoms with Crippen LogP contribution in [0.3, 0.4) is 0 Å². The average molecular weight is 1720 g/mol. The van der Waals surface area contributed by atoms with Gasteiger partial charge >= 0.3 is 23.9 Å². The molecule has 12 unspecified atom stereocenters. The Balaban J connectivity index is 0.000000249. The van der Waals surface area contributed by atoms with Crippen molar-refractivity contribution in [3.8, 4) is 46.0 Å². The highest BCUT2D eigenvalue weighted by Gasteiger charge is 2.47. The van der Waals surface area contributed by atoms with E-state index in [0.29, 0.717) is 9.80 Å². The third-order valence-corrected chi connectivity index (χ3v) is 19.5. The molecule has 0 spiro atoms. The number of hydrogen-bond acceptors (Lipinski definition) is 24. The van der Waals surface area contributed by atoms with Gasteiger partial charge in [-0.3, -0.25) is 38.8 Å². The van der Waals surface area contributed by atoms with Gasteiger partial charge in [-0.2, -0.15) is 0 Å². The lowest BCUT2D eigenvalue weighted by atomic mass is 9.79. The molecule has 8 aliphatic rings. The molecule has 4 aromatic rings. The van der Waals surface area contributed by atoms with Crippen LogP contribution in [0.2, 0.25) is 0 Å². The molecule has 0 amide bonds. The molecule has 8 aliphatic heterocycles. The van der Waals surface area contributed by atoms with E-state index in [1.165, 1.54) is 27.7 Å². The number of ether oxygens (including phenoxy) is 12. The summed E-state index contributed by atoms with van der Waals surface area (Å²) in [5.74, 6) is -24.3. The molecular weight excluding hydrogens is 1520 g/mol. The van der Waals surface area contributed by atoms with Crippen molar-refractivity contribution < 1.29 is 145 Å². The normalized spacial score (nSPS) is 41.6. The quantitative estimate of drug-likeness (QED) is 0.0303. The molecule has 4 aromatic carbocycles. The average Bonchev–Trinajstić information content (AvgIpc) is 0.599. The van der Waals surface area contributed by atoms with E-state index in [4.69, 9.17) is 129 Å². The number of benzene rings is 4. The molecule has 0 bridgehead atoms. The van der Waals surface area contributed by atoms with Gasteiger partial charge in [0.05, 0.1) is 75.9 Å². The summed E-state index contributed by atoms with van der Waals surface area (Å²) in [6, 6.07) is -18.4. The summed E-state index contributed by atoms with van der Waals surface area (Å²) in [6.45, 7) is -1.60. The molecule has 24 heteroatoms. The van der Waals surface area contributed by atoms with Crippen LogP contribution in [-0.2, 0) is 63.6 Å². The lowest BCUT2D eigenvalue weighted by Crippen LogP contribution is -2.51. The third kappa shape index (κ3) is 23.8. The molecule has 0 aromatic heterocycles. The zero-order valence-electron chi connectivity index (χ0n) is 122. The summed E-state index contributed by atoms with van der Waals surface area (Å²) in [4.78, 5) is 53.3. The molecule has 16 atom stereocenters. The van der Waals surface area contributed by atoms with Crippen molar-refractivity contribution in [1.82, 2.24) is 19.6 Å². The van der Waals surface area contributed by atoms with Gasteiger partial charge in [-0.05, 0) is 191 Å². The first kappa shape index (κ1) is 48.4. The van der Waals surface area contributed by atoms with E-state index in [1.807, 2.05) is 0 Å². The van der Waals surface area contributed by atoms with Gasteiger partial charge in [0.2, 0.25) is 0 Å². The molecule has 8 N–H and O–H groups in total. The number of fused-ring (bicyclic) bond motifs is 12. The number of piperidine rings is 4. The van der Waals surface area contributed by atoms with E-state index < -0.39 is 414 Å². The second-order valence-electron chi connectivity index (χ2n) is 32.1. The highest BCUT2D eigenvalue weighted by Crippen LogP contribution is 2.50. The van der Waals surface area contributed by atoms with Crippen LogP contribution in [-0.4, -0.2) is 201 Å². The number of aryl methyl sites for hydroxylation is 1. The minimum absolute atomic E-state index is 0.0581. The Morgan fingerprint density at radius 1 is 0.367 bits per heavy atom. The maximum Gasteiger partial charge on any atom is 0.323 e. The molecule has 0 radical (unpaired) electrons. The van der Waals surface area contributed by atoms with Crippen LogP contribution < -0.4 is 60.8 Å². The standard InChI is InChI=1S/4C24H38N2O4/c4*1-14(2)9-17-13-26-8-7-16-10-21(28-5)22(29-6)11-18(16)19(26)12-20(17)30-24(27)23(25)15(3)4/h4*10-11,14-15,17,19-20,23H,7-9,12-13,25H2,1-6H3/t4*17?,19?,20?,23-/m0000/s1/i5D3,7D2,8D2,12D2,13D2,17D,19D,20D;5D3,7D2,8D2,10D,11D,12D2,13D2,17D;2*7D2,8D2,10D,11D,12D2,13D2,17D. The van der Waals surface area contributed by atoms with Crippen molar-refractivity contribution in [2.45, 2.75) is 260 Å². The van der Waals surface area contributed by atoms with Crippen molar-refractivity contribution >= 4 is 23.9 Å². The van der Waals surface area contributed by atoms with E-state index in [9.17, 15) is 38.4 Å². The van der Waals surface area contributed by atoms with Crippen molar-refractivity contribution in [3.05, 3.63) is 92.9 Å². The summed E-state index contributed by atoms with van der Waals surface area (Å²) < 4.78 is 506. The monoisotopic (exact) mass is 1720 g/mol. The van der Waals surface area contributed by atoms with Gasteiger partial charge in [0.25, 0.3) is 0 Å². The number of hydrogen-bond donors (Lipinski definition) is 4. The fourth-order valence-electron chi connectivity index (χ4n) is 12.7. The predicted molar refractivity (Wildman–Crippen MR) is 471 cm³/mol. The topological polar surface area (TPSA) is 296 Å². The second-order valence-corrected chi connectivity index (χ2v) is 32.1. The lowest BCUT2D eigenvalue weighted by molar-refractivity contribution is -0.161. The molecule has 0 aliphatic carbocycles. The number of carbonyl (C=O) groups excluding carboxylic acids is 4. The minimum atomic E-state index is -3.70. The third-order valence-electron chi connectivity index (χ3n) is 19.5. The summed E-state index contributed by atoms with van der Waals surface area (Å²) in [5, 5.41) is 0. The van der Waals surface area contributed by atoms with Crippen LogP contribution in [0.25, 0.3) is 0 Å². The smallest absolute Gasteiger partial charge is 0.323 e. The van der Waals surface area contributed by atoms with Crippen LogP contribution in [0.4, 0.5) is 0 Å². The fourth-order valence-corrected chi connectivity index (χ4v) is 12.7. The van der Waals surface area contributed by atoms with Crippen LogP contribution in [0, 0.1) is 70.9 Å². The Morgan fingerprint density at radius 3 is 0.958 bits per heavy atom. The highest BCUT2D eigenvalue weighted by atomic mass is 16.6. The molecule has 672 valence electrons. The van der Waals surface area contributed by atoms with E-state index in [1.54, 1.807) is 83.1 Å². The fraction of sp³-hybridized carbons (Fsp3) is 0.708. The molecule has 8 heterocycles. The Morgan fingerprint density at radius 2 is 0.642 bits per heavy atom. The van der Waals surface area contributed by atoms with Gasteiger partial charge in [-0.25, -0.2) is 0 Å². The number of carbonyl (C=O) groups is 4. The molecule has 24 nitrogen and oxygen atoms in total. The Labute approximate surface area is 789 Å². The molecule has 120 heavy (non-hydrogen) atoms. The van der Waals surface area contributed by atoms with Gasteiger partial charge in [0.15, 0.2) is 46.0 Å². The maximum atomic E-state index is 13.2. The first-order chi connectivity index (χ1) is 76.2. The van der Waals surface area contributed by atoms with Gasteiger partial charge in [0.1, 0.15) is 48.6 Å². The SMILES string of the molecule is [2H]C([2H])([2H])Oc1cc2c(cc1OC)C1([2H])N(C([2H])([2H])C2([2H])[2H])C([2H])([2H])C([2H])(CC(C)C)C([2H])(OC(=O)[C@@H](N)C(C)C)C1([2H])[2H].[2H]c1c(OC)c(OC([2H])([2H])[2H])c([2H])c2c1C1N(C([2H])([2H])C2([2H])[2H])C([2H])([2H])C([2H])(CC(C)C)C(OC(=O)[C@@H](N)C(C)C)C1([2H])[2H].[2H]c1c(OC)c(OC)c([2H])c2c1C1N(C([2H])([2H])C2([2H])[2H])C([2H])([2H])C([2H])(CC(C)C)C(OC(=O)[C@@H](N)C(C)C)C1([2H])[2H].[2H]c1c(OC)c(OC)c([2H])c2c1C1N(C([2H])([2H])C2([2H])[2H])C([2H])([2H])C([2H])(CC(C)C)C(OC(=O)[C@@H](N)C(C)C)C1([2H])[2H]. The molecule has 12 rings (SSSR count). The molecular formula is C96H152N8O16. The number of nitrogens with zero attached hydrogens (tertiary/aromatic N) is 4. The molecule has 0 saturated carbocycles. The van der Waals surface area contributed by atoms with Gasteiger partial charge < -0.3 is 79.8 Å². The first-order valence-electron chi connectivity index (χ1n) is 64.5. The van der Waals surface area contributed by atoms with Gasteiger partial charge in [-0.15, -0.1) is 0 Å². The number of nitrogens with two attached hydrogens (primary N) is 4. The molecule has 4 saturated heterocycles. The van der Waals surface area contributed by atoms with E-state index in [0.717, 1.165) is 54.8 Å². The Bertz CT molecular complexity index is 6360. The van der Waals surface area contributed by atoms with Crippen LogP contribution in [0.5, 0.6) is 46.0 Å². The summed E-state index contributed by atoms with van der Waals surface area (Å²) in [5.41, 5.74) is 17.9. The van der Waals surface area contributed by atoms with Crippen molar-refractivity contribution in [3.63, 3.8) is 0 Å². The van der Waals surface area contributed by atoms with Gasteiger partial charge in [-0.1, -0.05) is 111 Å². The summed E-state index contributed by atoms with van der Waals surface area (Å²) in [7, 11) is 0.343. The largest absolute Gasteiger partial charge is 0.493 e. The van der Waals surface area contributed by atoms with Crippen LogP contribution >= 0.6 is 0 Å². The molecule has 4 fully saturated rings. The predicted octanol–water partition coefficient (Wildman–Crippen LogP) is 14.3. The van der Waals surface area contributed by atoms with Crippen LogP contribution in [0.15, 0.2) is 48.4 Å². The van der Waals surface area contributed by atoms with Gasteiger partial charge in [0, 0.05) is 175 Å². The zero-order chi connectivity index (χ0) is 132. The number of rotatable bonds is 28. The van der Waals surface area contributed by atoms with Crippen molar-refractivity contribution in [1.29, 1.82) is 0 Å². The Hall–Kier alpha value is -7.16. The lowest BCUT2D eigenvalue weighted by Gasteiger charge is -2.47. The number of methoxy groups -OCH3 is 8. The summed E-state index contributed by atoms with van der Waals surface area (Å²) in [6.07, 6.45) is -38.2. The number of esters is 4. The van der Waals surface area contributed by atoms with Crippen molar-refractivity contribution in [2.24, 2.45) is 93.9 Å². The Kier molecular flexibility index (Phi) is 17.7. The van der Waals surface area contributed by atoms with E-state index in [2.05, 4.69) is 0 Å². The van der Waals surface area contributed by atoms with E-state index >= 15 is 0 Å². The second kappa shape index (κ2) is 43.9. The first-order valence-corrected chi connectivity index (χ1v) is 39.5. The minimum Gasteiger partial charge on any atom is -0.493 e. The zero-order valence-corrected chi connectivity index (χ0v) is 72.0. The summed E-state index contributed by atoms with van der Waals surface area (Å²) >= 11 is 0.